The van der Waals surface area contributed by atoms with E-state index in [4.69, 9.17) is 23.7 Å². The fraction of sp³-hybridized carbons (Fsp3) is 0.323. The monoisotopic (exact) mass is 573 g/mol. The molecule has 4 bridgehead atoms. The normalized spacial score (nSPS) is 19.9. The Hall–Kier alpha value is -4.93. The highest BCUT2D eigenvalue weighted by atomic mass is 16.7. The lowest BCUT2D eigenvalue weighted by Gasteiger charge is -2.39. The molecule has 3 amide bonds. The van der Waals surface area contributed by atoms with Crippen LogP contribution in [-0.4, -0.2) is 68.4 Å². The van der Waals surface area contributed by atoms with Gasteiger partial charge in [-0.3, -0.25) is 14.4 Å². The molecule has 0 spiro atoms. The van der Waals surface area contributed by atoms with Gasteiger partial charge in [0, 0.05) is 31.6 Å². The van der Waals surface area contributed by atoms with E-state index < -0.39 is 6.04 Å². The molecule has 0 radical (unpaired) electrons. The molecule has 2 N–H and O–H groups in total. The van der Waals surface area contributed by atoms with Gasteiger partial charge in [-0.2, -0.15) is 0 Å². The van der Waals surface area contributed by atoms with E-state index >= 15 is 0 Å². The van der Waals surface area contributed by atoms with Crippen molar-refractivity contribution in [1.29, 1.82) is 0 Å². The third kappa shape index (κ3) is 6.04. The first kappa shape index (κ1) is 27.3. The number of hydrogen-bond acceptors (Lipinski definition) is 8. The van der Waals surface area contributed by atoms with E-state index in [0.29, 0.717) is 48.1 Å². The first-order valence-electron chi connectivity index (χ1n) is 13.8. The molecule has 11 heteroatoms. The molecule has 7 rings (SSSR count). The van der Waals surface area contributed by atoms with E-state index in [0.717, 1.165) is 11.1 Å². The third-order valence-corrected chi connectivity index (χ3v) is 7.50. The number of piperidine rings is 1. The van der Waals surface area contributed by atoms with Gasteiger partial charge in [-0.25, -0.2) is 0 Å². The number of carbonyl (C=O) groups is 3. The SMILES string of the molecule is COc1ccc2cc1OCC(=O)NCc1ccc(cc1)O[C@@H]1CCN(C(=O)Cc3ccc4c(c3)OCO4)C[C@@H]1NC2=O. The number of methoxy groups -OCH3 is 1. The summed E-state index contributed by atoms with van der Waals surface area (Å²) >= 11 is 0. The molecule has 1 saturated heterocycles. The Kier molecular flexibility index (Phi) is 7.72. The van der Waals surface area contributed by atoms with Gasteiger partial charge in [0.2, 0.25) is 12.7 Å². The minimum atomic E-state index is -0.489. The van der Waals surface area contributed by atoms with Crippen molar-refractivity contribution < 1.29 is 38.1 Å². The van der Waals surface area contributed by atoms with Gasteiger partial charge in [-0.05, 0) is 53.6 Å². The summed E-state index contributed by atoms with van der Waals surface area (Å²) in [6.45, 7) is 1.00. The summed E-state index contributed by atoms with van der Waals surface area (Å²) in [4.78, 5) is 41.0. The minimum Gasteiger partial charge on any atom is -0.493 e. The molecule has 3 aromatic carbocycles. The van der Waals surface area contributed by atoms with Gasteiger partial charge in [0.25, 0.3) is 11.8 Å². The lowest BCUT2D eigenvalue weighted by Crippen LogP contribution is -2.58. The summed E-state index contributed by atoms with van der Waals surface area (Å²) in [6.07, 6.45) is 0.335. The van der Waals surface area contributed by atoms with Crippen LogP contribution in [0.4, 0.5) is 0 Å². The van der Waals surface area contributed by atoms with E-state index in [-0.39, 0.29) is 55.9 Å². The van der Waals surface area contributed by atoms with Crippen molar-refractivity contribution >= 4 is 17.7 Å². The molecule has 11 nitrogen and oxygen atoms in total. The Labute approximate surface area is 242 Å². The highest BCUT2D eigenvalue weighted by molar-refractivity contribution is 5.95. The Morgan fingerprint density at radius 3 is 2.64 bits per heavy atom. The highest BCUT2D eigenvalue weighted by Crippen LogP contribution is 2.33. The zero-order valence-electron chi connectivity index (χ0n) is 23.1. The molecule has 218 valence electrons. The van der Waals surface area contributed by atoms with Crippen LogP contribution in [0.5, 0.6) is 28.7 Å². The van der Waals surface area contributed by atoms with Crippen molar-refractivity contribution in [3.05, 3.63) is 77.4 Å². The molecule has 0 unspecified atom stereocenters. The Bertz CT molecular complexity index is 1490. The zero-order chi connectivity index (χ0) is 29.1. The van der Waals surface area contributed by atoms with Crippen molar-refractivity contribution in [3.63, 3.8) is 0 Å². The van der Waals surface area contributed by atoms with Crippen LogP contribution in [0, 0.1) is 0 Å². The number of carbonyl (C=O) groups excluding carboxylic acids is 3. The van der Waals surface area contributed by atoms with E-state index in [1.54, 1.807) is 23.1 Å². The number of amides is 3. The Balaban J connectivity index is 1.24. The maximum atomic E-state index is 13.5. The Morgan fingerprint density at radius 2 is 1.81 bits per heavy atom. The van der Waals surface area contributed by atoms with Crippen LogP contribution < -0.4 is 34.3 Å². The molecule has 3 aromatic rings. The zero-order valence-corrected chi connectivity index (χ0v) is 23.1. The number of rotatable bonds is 3. The van der Waals surface area contributed by atoms with Gasteiger partial charge < -0.3 is 39.2 Å². The fourth-order valence-corrected chi connectivity index (χ4v) is 5.21. The summed E-state index contributed by atoms with van der Waals surface area (Å²) in [6, 6.07) is 17.2. The second-order valence-corrected chi connectivity index (χ2v) is 10.3. The first-order valence-corrected chi connectivity index (χ1v) is 13.8. The average molecular weight is 574 g/mol. The smallest absolute Gasteiger partial charge is 0.258 e. The predicted octanol–water partition coefficient (Wildman–Crippen LogP) is 2.45. The molecule has 1 fully saturated rings. The van der Waals surface area contributed by atoms with E-state index in [1.807, 2.05) is 36.4 Å². The van der Waals surface area contributed by atoms with Crippen molar-refractivity contribution in [1.82, 2.24) is 15.5 Å². The molecular formula is C31H31N3O8. The van der Waals surface area contributed by atoms with Gasteiger partial charge in [-0.15, -0.1) is 0 Å². The minimum absolute atomic E-state index is 0.0633. The standard InChI is InChI=1S/C31H31N3O8/c1-38-25-9-5-21-14-28(25)39-17-29(35)32-15-19-2-6-22(7-3-19)42-24-10-11-34(16-23(24)33-31(21)37)30(36)13-20-4-8-26-27(12-20)41-18-40-26/h2-9,12,14,23-24H,10-11,13,15-18H2,1H3,(H,32,35)(H,33,37)/t23-,24+/m0/s1. The number of ether oxygens (including phenoxy) is 5. The maximum absolute atomic E-state index is 13.5. The molecule has 4 aliphatic rings. The van der Waals surface area contributed by atoms with Gasteiger partial charge in [0.05, 0.1) is 19.6 Å². The predicted molar refractivity (Wildman–Crippen MR) is 150 cm³/mol. The molecule has 2 atom stereocenters. The molecular weight excluding hydrogens is 542 g/mol. The van der Waals surface area contributed by atoms with Crippen LogP contribution in [0.1, 0.15) is 27.9 Å². The third-order valence-electron chi connectivity index (χ3n) is 7.50. The average Bonchev–Trinajstić information content (AvgIpc) is 3.48. The van der Waals surface area contributed by atoms with E-state index in [9.17, 15) is 14.4 Å². The summed E-state index contributed by atoms with van der Waals surface area (Å²) < 4.78 is 28.2. The van der Waals surface area contributed by atoms with Crippen LogP contribution in [0.3, 0.4) is 0 Å². The van der Waals surface area contributed by atoms with E-state index in [1.165, 1.54) is 13.2 Å². The van der Waals surface area contributed by atoms with Crippen LogP contribution in [-0.2, 0) is 22.6 Å². The first-order chi connectivity index (χ1) is 20.4. The number of likely N-dealkylation sites (tertiary alicyclic amines) is 1. The molecule has 4 aliphatic heterocycles. The number of hydrogen-bond donors (Lipinski definition) is 2. The summed E-state index contributed by atoms with van der Waals surface area (Å²) in [5.74, 6) is 1.85. The van der Waals surface area contributed by atoms with Gasteiger partial charge >= 0.3 is 0 Å². The van der Waals surface area contributed by atoms with Crippen LogP contribution in [0.15, 0.2) is 60.7 Å². The van der Waals surface area contributed by atoms with Crippen molar-refractivity contribution in [2.24, 2.45) is 0 Å². The summed E-state index contributed by atoms with van der Waals surface area (Å²) in [5, 5.41) is 5.89. The van der Waals surface area contributed by atoms with Crippen LogP contribution in [0.25, 0.3) is 0 Å². The molecule has 0 aliphatic carbocycles. The van der Waals surface area contributed by atoms with Crippen molar-refractivity contribution in [2.45, 2.75) is 31.5 Å². The molecule has 4 heterocycles. The topological polar surface area (TPSA) is 125 Å². The molecule has 42 heavy (non-hydrogen) atoms. The largest absolute Gasteiger partial charge is 0.493 e. The molecule has 0 aromatic heterocycles. The fourth-order valence-electron chi connectivity index (χ4n) is 5.21. The van der Waals surface area contributed by atoms with Crippen molar-refractivity contribution in [3.8, 4) is 28.7 Å². The van der Waals surface area contributed by atoms with Crippen LogP contribution in [0.2, 0.25) is 0 Å². The number of nitrogens with zero attached hydrogens (tertiary/aromatic N) is 1. The van der Waals surface area contributed by atoms with Crippen molar-refractivity contribution in [2.75, 3.05) is 33.6 Å². The lowest BCUT2D eigenvalue weighted by molar-refractivity contribution is -0.133. The van der Waals surface area contributed by atoms with E-state index in [2.05, 4.69) is 10.6 Å². The second-order valence-electron chi connectivity index (χ2n) is 10.3. The van der Waals surface area contributed by atoms with Gasteiger partial charge in [-0.1, -0.05) is 18.2 Å². The maximum Gasteiger partial charge on any atom is 0.258 e. The second kappa shape index (κ2) is 11.9. The number of fused-ring (bicyclic) bond motifs is 8. The molecule has 0 saturated carbocycles. The number of benzene rings is 3. The Morgan fingerprint density at radius 1 is 0.976 bits per heavy atom. The van der Waals surface area contributed by atoms with Gasteiger partial charge in [0.1, 0.15) is 11.9 Å². The summed E-state index contributed by atoms with van der Waals surface area (Å²) in [5.41, 5.74) is 2.04. The number of nitrogens with one attached hydrogen (secondary N) is 2. The quantitative estimate of drug-likeness (QED) is 0.490. The summed E-state index contributed by atoms with van der Waals surface area (Å²) in [7, 11) is 1.49. The van der Waals surface area contributed by atoms with Crippen LogP contribution >= 0.6 is 0 Å². The highest BCUT2D eigenvalue weighted by Gasteiger charge is 2.34. The van der Waals surface area contributed by atoms with Gasteiger partial charge in [0.15, 0.2) is 29.6 Å². The lowest BCUT2D eigenvalue weighted by atomic mass is 9.99.